The SMILES string of the molecule is N#Cc1c(F)cccc1NCC1(C(=O)O)CCCC1. The zero-order valence-corrected chi connectivity index (χ0v) is 10.4. The summed E-state index contributed by atoms with van der Waals surface area (Å²) in [6, 6.07) is 6.10. The van der Waals surface area contributed by atoms with Gasteiger partial charge in [-0.3, -0.25) is 4.79 Å². The molecule has 0 bridgehead atoms. The van der Waals surface area contributed by atoms with Crippen LogP contribution in [0.2, 0.25) is 0 Å². The lowest BCUT2D eigenvalue weighted by atomic mass is 9.86. The first-order valence-electron chi connectivity index (χ1n) is 6.25. The van der Waals surface area contributed by atoms with Crippen molar-refractivity contribution in [3.05, 3.63) is 29.6 Å². The average molecular weight is 262 g/mol. The molecule has 1 aliphatic carbocycles. The molecule has 0 unspecified atom stereocenters. The fraction of sp³-hybridized carbons (Fsp3) is 0.429. The smallest absolute Gasteiger partial charge is 0.311 e. The summed E-state index contributed by atoms with van der Waals surface area (Å²) >= 11 is 0. The number of nitriles is 1. The van der Waals surface area contributed by atoms with Crippen LogP contribution in [-0.4, -0.2) is 17.6 Å². The van der Waals surface area contributed by atoms with Gasteiger partial charge in [-0.1, -0.05) is 18.9 Å². The molecule has 5 heteroatoms. The van der Waals surface area contributed by atoms with E-state index in [2.05, 4.69) is 5.32 Å². The van der Waals surface area contributed by atoms with Gasteiger partial charge in [0.15, 0.2) is 0 Å². The number of rotatable bonds is 4. The van der Waals surface area contributed by atoms with Crippen LogP contribution in [-0.2, 0) is 4.79 Å². The average Bonchev–Trinajstić information content (AvgIpc) is 2.86. The standard InChI is InChI=1S/C14H15FN2O2/c15-11-4-3-5-12(10(11)8-16)17-9-14(13(18)19)6-1-2-7-14/h3-5,17H,1-2,6-7,9H2,(H,18,19). The number of halogens is 1. The molecule has 1 saturated carbocycles. The maximum Gasteiger partial charge on any atom is 0.311 e. The Morgan fingerprint density at radius 2 is 2.16 bits per heavy atom. The summed E-state index contributed by atoms with van der Waals surface area (Å²) in [5.74, 6) is -1.42. The number of carboxylic acid groups (broad SMARTS) is 1. The first kappa shape index (κ1) is 13.3. The number of carbonyl (C=O) groups is 1. The fourth-order valence-electron chi connectivity index (χ4n) is 2.57. The maximum absolute atomic E-state index is 13.4. The zero-order chi connectivity index (χ0) is 13.9. The second kappa shape index (κ2) is 5.27. The molecule has 2 N–H and O–H groups in total. The number of aliphatic carboxylic acids is 1. The van der Waals surface area contributed by atoms with Gasteiger partial charge in [0.2, 0.25) is 0 Å². The minimum atomic E-state index is -0.826. The Morgan fingerprint density at radius 3 is 2.74 bits per heavy atom. The number of carboxylic acids is 1. The van der Waals surface area contributed by atoms with E-state index in [1.807, 2.05) is 0 Å². The van der Waals surface area contributed by atoms with Crippen LogP contribution in [0.4, 0.5) is 10.1 Å². The summed E-state index contributed by atoms with van der Waals surface area (Å²) in [7, 11) is 0. The fourth-order valence-corrected chi connectivity index (χ4v) is 2.57. The highest BCUT2D eigenvalue weighted by atomic mass is 19.1. The first-order chi connectivity index (χ1) is 9.09. The van der Waals surface area contributed by atoms with Crippen molar-refractivity contribution in [3.63, 3.8) is 0 Å². The summed E-state index contributed by atoms with van der Waals surface area (Å²) in [5, 5.41) is 21.2. The van der Waals surface area contributed by atoms with Gasteiger partial charge in [0.05, 0.1) is 11.1 Å². The van der Waals surface area contributed by atoms with Crippen molar-refractivity contribution in [2.75, 3.05) is 11.9 Å². The molecule has 0 saturated heterocycles. The summed E-state index contributed by atoms with van der Waals surface area (Å²) in [5.41, 5.74) is -0.505. The molecule has 0 heterocycles. The van der Waals surface area contributed by atoms with E-state index in [0.29, 0.717) is 18.5 Å². The number of benzene rings is 1. The van der Waals surface area contributed by atoms with Crippen molar-refractivity contribution in [3.8, 4) is 6.07 Å². The molecule has 100 valence electrons. The van der Waals surface area contributed by atoms with Gasteiger partial charge < -0.3 is 10.4 Å². The van der Waals surface area contributed by atoms with Crippen molar-refractivity contribution in [2.45, 2.75) is 25.7 Å². The third kappa shape index (κ3) is 2.53. The van der Waals surface area contributed by atoms with Gasteiger partial charge in [-0.15, -0.1) is 0 Å². The Hall–Kier alpha value is -2.09. The molecule has 1 aliphatic rings. The quantitative estimate of drug-likeness (QED) is 0.875. The monoisotopic (exact) mass is 262 g/mol. The molecule has 0 spiro atoms. The zero-order valence-electron chi connectivity index (χ0n) is 10.4. The van der Waals surface area contributed by atoms with Crippen molar-refractivity contribution in [2.24, 2.45) is 5.41 Å². The molecule has 1 fully saturated rings. The topological polar surface area (TPSA) is 73.1 Å². The number of hydrogen-bond donors (Lipinski definition) is 2. The maximum atomic E-state index is 13.4. The second-order valence-electron chi connectivity index (χ2n) is 4.92. The molecule has 1 aromatic rings. The Kier molecular flexibility index (Phi) is 3.70. The van der Waals surface area contributed by atoms with Crippen LogP contribution in [0.15, 0.2) is 18.2 Å². The summed E-state index contributed by atoms with van der Waals surface area (Å²) in [4.78, 5) is 11.4. The van der Waals surface area contributed by atoms with Gasteiger partial charge in [-0.25, -0.2) is 4.39 Å². The van der Waals surface area contributed by atoms with E-state index in [9.17, 15) is 14.3 Å². The van der Waals surface area contributed by atoms with Crippen LogP contribution < -0.4 is 5.32 Å². The number of hydrogen-bond acceptors (Lipinski definition) is 3. The predicted molar refractivity (Wildman–Crippen MR) is 68.1 cm³/mol. The molecule has 4 nitrogen and oxygen atoms in total. The Labute approximate surface area is 110 Å². The van der Waals surface area contributed by atoms with E-state index in [1.165, 1.54) is 12.1 Å². The second-order valence-corrected chi connectivity index (χ2v) is 4.92. The normalized spacial score (nSPS) is 16.8. The van der Waals surface area contributed by atoms with E-state index >= 15 is 0 Å². The molecule has 0 atom stereocenters. The van der Waals surface area contributed by atoms with Crippen LogP contribution in [0, 0.1) is 22.6 Å². The number of nitrogens with zero attached hydrogens (tertiary/aromatic N) is 1. The lowest BCUT2D eigenvalue weighted by Crippen LogP contribution is -2.35. The van der Waals surface area contributed by atoms with E-state index in [-0.39, 0.29) is 12.1 Å². The molecule has 1 aromatic carbocycles. The molecule has 0 radical (unpaired) electrons. The molecule has 0 amide bonds. The summed E-state index contributed by atoms with van der Waals surface area (Å²) in [6.07, 6.45) is 3.02. The van der Waals surface area contributed by atoms with Crippen molar-refractivity contribution < 1.29 is 14.3 Å². The lowest BCUT2D eigenvalue weighted by Gasteiger charge is -2.24. The number of nitrogens with one attached hydrogen (secondary N) is 1. The Morgan fingerprint density at radius 1 is 1.47 bits per heavy atom. The molecular formula is C14H15FN2O2. The van der Waals surface area contributed by atoms with Gasteiger partial charge in [0.25, 0.3) is 0 Å². The van der Waals surface area contributed by atoms with Crippen LogP contribution >= 0.6 is 0 Å². The van der Waals surface area contributed by atoms with Crippen molar-refractivity contribution in [1.29, 1.82) is 5.26 Å². The molecule has 19 heavy (non-hydrogen) atoms. The highest BCUT2D eigenvalue weighted by Gasteiger charge is 2.41. The van der Waals surface area contributed by atoms with Gasteiger partial charge >= 0.3 is 5.97 Å². The van der Waals surface area contributed by atoms with Gasteiger partial charge in [-0.2, -0.15) is 5.26 Å². The minimum absolute atomic E-state index is 0.0685. The minimum Gasteiger partial charge on any atom is -0.481 e. The summed E-state index contributed by atoms with van der Waals surface area (Å²) < 4.78 is 13.4. The van der Waals surface area contributed by atoms with E-state index in [0.717, 1.165) is 12.8 Å². The van der Waals surface area contributed by atoms with Crippen LogP contribution in [0.5, 0.6) is 0 Å². The molecule has 0 aliphatic heterocycles. The van der Waals surface area contributed by atoms with Crippen LogP contribution in [0.3, 0.4) is 0 Å². The highest BCUT2D eigenvalue weighted by Crippen LogP contribution is 2.38. The van der Waals surface area contributed by atoms with Crippen molar-refractivity contribution >= 4 is 11.7 Å². The van der Waals surface area contributed by atoms with Crippen LogP contribution in [0.1, 0.15) is 31.2 Å². The van der Waals surface area contributed by atoms with E-state index < -0.39 is 17.2 Å². The lowest BCUT2D eigenvalue weighted by molar-refractivity contribution is -0.147. The molecule has 0 aromatic heterocycles. The van der Waals surface area contributed by atoms with Gasteiger partial charge in [-0.05, 0) is 25.0 Å². The largest absolute Gasteiger partial charge is 0.481 e. The Balaban J connectivity index is 2.17. The third-order valence-electron chi connectivity index (χ3n) is 3.76. The molecular weight excluding hydrogens is 247 g/mol. The Bertz CT molecular complexity index is 531. The number of anilines is 1. The summed E-state index contributed by atoms with van der Waals surface area (Å²) in [6.45, 7) is 0.223. The predicted octanol–water partition coefficient (Wildman–Crippen LogP) is 2.75. The first-order valence-corrected chi connectivity index (χ1v) is 6.25. The van der Waals surface area contributed by atoms with Crippen LogP contribution in [0.25, 0.3) is 0 Å². The van der Waals surface area contributed by atoms with Gasteiger partial charge in [0.1, 0.15) is 17.4 Å². The van der Waals surface area contributed by atoms with Crippen molar-refractivity contribution in [1.82, 2.24) is 0 Å². The van der Waals surface area contributed by atoms with E-state index in [1.54, 1.807) is 12.1 Å². The molecule has 2 rings (SSSR count). The third-order valence-corrected chi connectivity index (χ3v) is 3.76. The van der Waals surface area contributed by atoms with Gasteiger partial charge in [0, 0.05) is 6.54 Å². The van der Waals surface area contributed by atoms with E-state index in [4.69, 9.17) is 5.26 Å². The highest BCUT2D eigenvalue weighted by molar-refractivity contribution is 5.76.